The van der Waals surface area contributed by atoms with Gasteiger partial charge in [0.25, 0.3) is 0 Å². The summed E-state index contributed by atoms with van der Waals surface area (Å²) in [6, 6.07) is 189. The van der Waals surface area contributed by atoms with Crippen molar-refractivity contribution in [2.45, 2.75) is 0 Å². The molecule has 5 nitrogen and oxygen atoms in total. The molecule has 0 aliphatic rings. The lowest BCUT2D eigenvalue weighted by molar-refractivity contribution is 1.18. The lowest BCUT2D eigenvalue weighted by Crippen LogP contribution is -1.94. The van der Waals surface area contributed by atoms with Gasteiger partial charge in [-0.05, 0) is 258 Å². The number of thiophene rings is 1. The molecule has 6 aromatic heterocycles. The Morgan fingerprint density at radius 1 is 0.145 bits per heavy atom. The summed E-state index contributed by atoms with van der Waals surface area (Å²) in [5, 5.41) is 15.2. The van der Waals surface area contributed by atoms with Gasteiger partial charge in [-0.25, -0.2) is 0 Å². The van der Waals surface area contributed by atoms with Crippen LogP contribution in [0.1, 0.15) is 0 Å². The van der Waals surface area contributed by atoms with Crippen molar-refractivity contribution < 1.29 is 0 Å². The molecule has 28 aromatic rings. The smallest absolute Gasteiger partial charge is 0.0544 e. The molecule has 0 aliphatic carbocycles. The van der Waals surface area contributed by atoms with Gasteiger partial charge >= 0.3 is 0 Å². The average molecular weight is 1780 g/mol. The maximum Gasteiger partial charge on any atom is 0.0544 e. The first-order chi connectivity index (χ1) is 68.4. The lowest BCUT2D eigenvalue weighted by atomic mass is 9.91. The molecular weight excluding hydrogens is 1690 g/mol. The fourth-order valence-electron chi connectivity index (χ4n) is 21.3. The van der Waals surface area contributed by atoms with E-state index in [-0.39, 0.29) is 0 Å². The van der Waals surface area contributed by atoms with Gasteiger partial charge in [0.05, 0.1) is 49.7 Å². The van der Waals surface area contributed by atoms with Crippen LogP contribution in [0.2, 0.25) is 0 Å². The van der Waals surface area contributed by atoms with Crippen molar-refractivity contribution in [1.82, 2.24) is 23.3 Å². The fraction of sp³-hybridized carbons (Fsp3) is 0. The van der Waals surface area contributed by atoms with Crippen molar-refractivity contribution in [3.63, 3.8) is 0 Å². The highest BCUT2D eigenvalue weighted by Crippen LogP contribution is 2.47. The van der Waals surface area contributed by atoms with Crippen LogP contribution < -0.4 is 0 Å². The zero-order valence-electron chi connectivity index (χ0n) is 75.3. The summed E-state index contributed by atoms with van der Waals surface area (Å²) in [4.78, 5) is 3.75. The molecule has 646 valence electrons. The number of nitrogens with zero attached hydrogens (tertiary/aromatic N) is 4. The Bertz CT molecular complexity index is 9100. The Morgan fingerprint density at radius 3 is 0.855 bits per heavy atom. The van der Waals surface area contributed by atoms with Crippen LogP contribution in [0.4, 0.5) is 0 Å². The van der Waals surface area contributed by atoms with E-state index in [0.717, 1.165) is 11.0 Å². The van der Waals surface area contributed by atoms with Gasteiger partial charge in [0.1, 0.15) is 0 Å². The molecule has 6 heterocycles. The van der Waals surface area contributed by atoms with E-state index in [0.29, 0.717) is 0 Å². The van der Waals surface area contributed by atoms with E-state index in [1.54, 1.807) is 0 Å². The van der Waals surface area contributed by atoms with E-state index in [1.807, 2.05) is 11.3 Å². The maximum atomic E-state index is 3.75. The first-order valence-corrected chi connectivity index (χ1v) is 48.1. The van der Waals surface area contributed by atoms with Crippen LogP contribution in [0.25, 0.3) is 252 Å². The highest BCUT2D eigenvalue weighted by molar-refractivity contribution is 7.26. The van der Waals surface area contributed by atoms with E-state index >= 15 is 0 Å². The Labute approximate surface area is 802 Å². The summed E-state index contributed by atoms with van der Waals surface area (Å²) >= 11 is 1.89. The van der Waals surface area contributed by atoms with Crippen LogP contribution in [0.3, 0.4) is 0 Å². The maximum absolute atomic E-state index is 3.75. The van der Waals surface area contributed by atoms with Gasteiger partial charge < -0.3 is 23.3 Å². The van der Waals surface area contributed by atoms with Gasteiger partial charge in [0.2, 0.25) is 0 Å². The molecule has 6 heteroatoms. The highest BCUT2D eigenvalue weighted by atomic mass is 32.1. The number of aromatic nitrogens is 5. The van der Waals surface area contributed by atoms with E-state index in [2.05, 4.69) is 545 Å². The highest BCUT2D eigenvalue weighted by Gasteiger charge is 2.23. The van der Waals surface area contributed by atoms with Gasteiger partial charge in [-0.3, -0.25) is 0 Å². The Hall–Kier alpha value is -17.9. The summed E-state index contributed by atoms with van der Waals surface area (Å²) in [7, 11) is 0. The second-order valence-electron chi connectivity index (χ2n) is 35.8. The summed E-state index contributed by atoms with van der Waals surface area (Å²) in [5.41, 5.74) is 38.6. The zero-order chi connectivity index (χ0) is 91.1. The van der Waals surface area contributed by atoms with Crippen molar-refractivity contribution in [2.24, 2.45) is 0 Å². The summed E-state index contributed by atoms with van der Waals surface area (Å²) < 4.78 is 12.2. The second-order valence-corrected chi connectivity index (χ2v) is 36.9. The minimum absolute atomic E-state index is 1.16. The van der Waals surface area contributed by atoms with Gasteiger partial charge in [-0.15, -0.1) is 11.3 Å². The summed E-state index contributed by atoms with van der Waals surface area (Å²) in [6.45, 7) is 0. The topological polar surface area (TPSA) is 35.5 Å². The predicted octanol–water partition coefficient (Wildman–Crippen LogP) is 36.5. The molecule has 138 heavy (non-hydrogen) atoms. The quantitative estimate of drug-likeness (QED) is 0.119. The first kappa shape index (κ1) is 80.9. The number of fused-ring (bicyclic) bond motifs is 18. The molecular formula is C132H87N5S. The van der Waals surface area contributed by atoms with E-state index in [4.69, 9.17) is 0 Å². The van der Waals surface area contributed by atoms with Crippen molar-refractivity contribution in [3.8, 4) is 123 Å². The molecule has 0 spiro atoms. The Morgan fingerprint density at radius 2 is 0.413 bits per heavy atom. The monoisotopic (exact) mass is 1770 g/mol. The summed E-state index contributed by atoms with van der Waals surface area (Å²) in [5.74, 6) is 0. The molecule has 0 fully saturated rings. The SMILES string of the molecule is c1ccc(-c2ccc(-c3cc(-c4ccc5c(c4)c4ccccc4n5-c4ccccc4)cc(-c4cccc5c4[nH]c4ccccc45)c3)cc2)cc1.c1ccc(-c2ccc(-c3cc(-c4ccc5c(c4)c4ccccc4n5-c4ccccc4)cc(-c4cccc5c4sc4ccccc45)c3)cc2)cc1.c1ccc(-n2c3ccccc3c3cc(-c4cccc(-n5c6ccccc6c6ccccc65)c4)ccc32)cc1. The number of hydrogen-bond acceptors (Lipinski definition) is 1. The van der Waals surface area contributed by atoms with Crippen LogP contribution in [0.15, 0.2) is 522 Å². The number of aromatic amines is 1. The molecule has 0 saturated carbocycles. The predicted molar refractivity (Wildman–Crippen MR) is 588 cm³/mol. The van der Waals surface area contributed by atoms with Gasteiger partial charge in [-0.1, -0.05) is 358 Å². The Kier molecular flexibility index (Phi) is 20.1. The minimum Gasteiger partial charge on any atom is -0.354 e. The summed E-state index contributed by atoms with van der Waals surface area (Å²) in [6.07, 6.45) is 0. The first-order valence-electron chi connectivity index (χ1n) is 47.3. The number of para-hydroxylation sites is 10. The molecule has 0 saturated heterocycles. The van der Waals surface area contributed by atoms with Crippen molar-refractivity contribution in [3.05, 3.63) is 522 Å². The molecule has 22 aromatic carbocycles. The van der Waals surface area contributed by atoms with Crippen LogP contribution in [0.5, 0.6) is 0 Å². The van der Waals surface area contributed by atoms with Gasteiger partial charge in [0.15, 0.2) is 0 Å². The van der Waals surface area contributed by atoms with Crippen LogP contribution in [-0.4, -0.2) is 23.3 Å². The third-order valence-electron chi connectivity index (χ3n) is 27.8. The van der Waals surface area contributed by atoms with Crippen LogP contribution in [0, 0.1) is 0 Å². The third kappa shape index (κ3) is 14.3. The number of benzene rings is 22. The standard InChI is InChI=1S/C48H32N2.C48H31NS.C36H24N2/c1-3-12-32(13-4-1)33-22-24-34(25-23-33)36-28-37(30-38(29-36)40-18-11-19-43-41-16-7-9-20-45(41)49-48(40)43)35-26-27-47-44(31-35)42-17-8-10-21-46(42)50(47)39-14-5-2-6-15-39;1-3-12-32(13-4-1)33-22-24-34(25-23-33)36-28-37(30-38(29-36)40-18-11-19-43-42-17-8-10-21-47(42)50-48(40)43)35-26-27-46-44(31-35)41-16-7-9-20-45(41)49(46)39-14-5-2-6-15-39;1-2-12-27(13-3-1)37-35-20-9-6-17-31(35)32-24-26(21-22-36(32)37)25-11-10-14-28(23-25)38-33-18-7-4-15-29(33)30-16-5-8-19-34(30)38/h1-31,49H;1-31H;1-24H. The number of hydrogen-bond donors (Lipinski definition) is 1. The van der Waals surface area contributed by atoms with Crippen molar-refractivity contribution in [2.75, 3.05) is 0 Å². The molecule has 0 amide bonds. The minimum atomic E-state index is 1.16. The largest absolute Gasteiger partial charge is 0.354 e. The van der Waals surface area contributed by atoms with Gasteiger partial charge in [-0.2, -0.15) is 0 Å². The zero-order valence-corrected chi connectivity index (χ0v) is 76.2. The van der Waals surface area contributed by atoms with Crippen molar-refractivity contribution in [1.29, 1.82) is 0 Å². The van der Waals surface area contributed by atoms with E-state index < -0.39 is 0 Å². The molecule has 0 radical (unpaired) electrons. The average Bonchev–Trinajstić information content (AvgIpc) is 1.59. The molecule has 0 unspecified atom stereocenters. The van der Waals surface area contributed by atoms with E-state index in [9.17, 15) is 0 Å². The molecule has 28 rings (SSSR count). The normalized spacial score (nSPS) is 11.6. The van der Waals surface area contributed by atoms with Crippen LogP contribution in [-0.2, 0) is 0 Å². The number of nitrogens with one attached hydrogen (secondary N) is 1. The third-order valence-corrected chi connectivity index (χ3v) is 29.0. The van der Waals surface area contributed by atoms with E-state index in [1.165, 1.54) is 241 Å². The fourth-order valence-corrected chi connectivity index (χ4v) is 22.6. The Balaban J connectivity index is 0.000000108. The number of rotatable bonds is 13. The number of H-pyrrole nitrogens is 1. The van der Waals surface area contributed by atoms with Crippen molar-refractivity contribution >= 4 is 141 Å². The lowest BCUT2D eigenvalue weighted by Gasteiger charge is -2.13. The molecule has 0 atom stereocenters. The van der Waals surface area contributed by atoms with Gasteiger partial charge in [0, 0.05) is 108 Å². The molecule has 0 aliphatic heterocycles. The van der Waals surface area contributed by atoms with Crippen LogP contribution >= 0.6 is 11.3 Å². The molecule has 1 N–H and O–H groups in total. The second kappa shape index (κ2) is 34.3. The molecule has 0 bridgehead atoms.